The second-order valence-corrected chi connectivity index (χ2v) is 9.99. The van der Waals surface area contributed by atoms with Crippen LogP contribution in [0.15, 0.2) is 42.9 Å². The van der Waals surface area contributed by atoms with Gasteiger partial charge >= 0.3 is 0 Å². The first-order valence-corrected chi connectivity index (χ1v) is 12.8. The van der Waals surface area contributed by atoms with Crippen LogP contribution in [0.1, 0.15) is 61.0 Å². The van der Waals surface area contributed by atoms with E-state index < -0.39 is 0 Å². The molecular weight excluding hydrogens is 456 g/mol. The van der Waals surface area contributed by atoms with E-state index in [-0.39, 0.29) is 48.8 Å². The standard InChI is InChI=1S/C28H36N4O4/c1-19-16-32(20(2)18-33)28(35)24-13-23(22-9-5-4-6-10-22)15-30-27(24)36-25(19)17-31(3)26(34)12-21-8-7-11-29-14-21/h7-9,11,13-15,19-20,25,33H,4-6,10,12,16-18H2,1-3H3/t19-,20-,25+/m1/s1. The van der Waals surface area contributed by atoms with E-state index in [1.165, 1.54) is 12.0 Å². The Balaban J connectivity index is 1.61. The van der Waals surface area contributed by atoms with E-state index in [0.717, 1.165) is 30.4 Å². The summed E-state index contributed by atoms with van der Waals surface area (Å²) in [6, 6.07) is 5.22. The predicted octanol–water partition coefficient (Wildman–Crippen LogP) is 3.36. The van der Waals surface area contributed by atoms with Crippen LogP contribution in [0.3, 0.4) is 0 Å². The monoisotopic (exact) mass is 492 g/mol. The van der Waals surface area contributed by atoms with Crippen LogP contribution in [0.4, 0.5) is 0 Å². The molecule has 2 aromatic heterocycles. The number of likely N-dealkylation sites (N-methyl/N-ethyl adjacent to an activating group) is 1. The normalized spacial score (nSPS) is 20.9. The lowest BCUT2D eigenvalue weighted by atomic mass is 9.93. The highest BCUT2D eigenvalue weighted by Gasteiger charge is 2.35. The van der Waals surface area contributed by atoms with E-state index in [1.54, 1.807) is 35.4 Å². The number of carbonyl (C=O) groups is 2. The molecule has 0 unspecified atom stereocenters. The van der Waals surface area contributed by atoms with Gasteiger partial charge in [-0.05, 0) is 61.4 Å². The highest BCUT2D eigenvalue weighted by Crippen LogP contribution is 2.32. The van der Waals surface area contributed by atoms with E-state index in [0.29, 0.717) is 18.7 Å². The SMILES string of the molecule is C[C@@H]1CN([C@H](C)CO)C(=O)c2cc(C3=CCCCC3)cnc2O[C@H]1CN(C)C(=O)Cc1cccnc1. The molecule has 0 radical (unpaired) electrons. The number of pyridine rings is 2. The molecule has 192 valence electrons. The van der Waals surface area contributed by atoms with Crippen LogP contribution in [-0.4, -0.2) is 75.6 Å². The summed E-state index contributed by atoms with van der Waals surface area (Å²) in [6.45, 7) is 4.46. The molecule has 8 heteroatoms. The second kappa shape index (κ2) is 11.6. The van der Waals surface area contributed by atoms with Crippen molar-refractivity contribution in [2.75, 3.05) is 26.7 Å². The molecule has 0 spiro atoms. The van der Waals surface area contributed by atoms with Crippen molar-refractivity contribution in [1.29, 1.82) is 0 Å². The third-order valence-corrected chi connectivity index (χ3v) is 7.14. The number of carbonyl (C=O) groups excluding carboxylic acids is 2. The first kappa shape index (κ1) is 25.8. The highest BCUT2D eigenvalue weighted by molar-refractivity contribution is 5.97. The maximum atomic E-state index is 13.6. The molecule has 8 nitrogen and oxygen atoms in total. The zero-order chi connectivity index (χ0) is 25.7. The van der Waals surface area contributed by atoms with Crippen LogP contribution >= 0.6 is 0 Å². The van der Waals surface area contributed by atoms with Crippen LogP contribution in [0.2, 0.25) is 0 Å². The maximum absolute atomic E-state index is 13.6. The molecule has 1 aliphatic carbocycles. The molecular formula is C28H36N4O4. The number of aliphatic hydroxyl groups is 1. The van der Waals surface area contributed by atoms with Crippen LogP contribution in [0.25, 0.3) is 5.57 Å². The Kier molecular flexibility index (Phi) is 8.36. The summed E-state index contributed by atoms with van der Waals surface area (Å²) in [7, 11) is 1.76. The zero-order valence-electron chi connectivity index (χ0n) is 21.4. The van der Waals surface area contributed by atoms with E-state index in [1.807, 2.05) is 32.0 Å². The zero-order valence-corrected chi connectivity index (χ0v) is 21.4. The smallest absolute Gasteiger partial charge is 0.259 e. The highest BCUT2D eigenvalue weighted by atomic mass is 16.5. The number of allylic oxidation sites excluding steroid dienone is 2. The fraction of sp³-hybridized carbons (Fsp3) is 0.500. The van der Waals surface area contributed by atoms with Gasteiger partial charge in [0.05, 0.1) is 25.6 Å². The van der Waals surface area contributed by atoms with Crippen LogP contribution in [0, 0.1) is 5.92 Å². The Hall–Kier alpha value is -3.26. The van der Waals surface area contributed by atoms with Gasteiger partial charge in [-0.1, -0.05) is 19.1 Å². The van der Waals surface area contributed by atoms with Gasteiger partial charge in [0.15, 0.2) is 0 Å². The van der Waals surface area contributed by atoms with Crippen LogP contribution in [-0.2, 0) is 11.2 Å². The van der Waals surface area contributed by atoms with Crippen LogP contribution in [0.5, 0.6) is 5.88 Å². The Morgan fingerprint density at radius 3 is 2.86 bits per heavy atom. The summed E-state index contributed by atoms with van der Waals surface area (Å²) in [5.41, 5.74) is 3.40. The van der Waals surface area contributed by atoms with Gasteiger partial charge in [-0.2, -0.15) is 0 Å². The lowest BCUT2D eigenvalue weighted by Crippen LogP contribution is -2.50. The Morgan fingerprint density at radius 2 is 2.17 bits per heavy atom. The van der Waals surface area contributed by atoms with Gasteiger partial charge in [-0.3, -0.25) is 14.6 Å². The lowest BCUT2D eigenvalue weighted by molar-refractivity contribution is -0.130. The molecule has 0 saturated heterocycles. The van der Waals surface area contributed by atoms with Gasteiger partial charge in [0.25, 0.3) is 5.91 Å². The minimum absolute atomic E-state index is 0.0368. The van der Waals surface area contributed by atoms with E-state index in [4.69, 9.17) is 4.74 Å². The minimum Gasteiger partial charge on any atom is -0.472 e. The number of aliphatic hydroxyl groups excluding tert-OH is 1. The minimum atomic E-state index is -0.375. The first-order valence-electron chi connectivity index (χ1n) is 12.8. The summed E-state index contributed by atoms with van der Waals surface area (Å²) in [5, 5.41) is 9.88. The largest absolute Gasteiger partial charge is 0.472 e. The molecule has 3 atom stereocenters. The Labute approximate surface area is 213 Å². The van der Waals surface area contributed by atoms with Crippen molar-refractivity contribution in [2.45, 2.75) is 58.1 Å². The number of rotatable bonds is 7. The van der Waals surface area contributed by atoms with Crippen molar-refractivity contribution in [2.24, 2.45) is 5.92 Å². The molecule has 0 saturated carbocycles. The quantitative estimate of drug-likeness (QED) is 0.637. The van der Waals surface area contributed by atoms with E-state index >= 15 is 0 Å². The average Bonchev–Trinajstić information content (AvgIpc) is 2.91. The number of amides is 2. The fourth-order valence-corrected chi connectivity index (χ4v) is 4.78. The molecule has 2 aliphatic rings. The lowest BCUT2D eigenvalue weighted by Gasteiger charge is -2.37. The van der Waals surface area contributed by atoms with Gasteiger partial charge in [0, 0.05) is 38.1 Å². The molecule has 1 N–H and O–H groups in total. The summed E-state index contributed by atoms with van der Waals surface area (Å²) in [4.78, 5) is 38.6. The third kappa shape index (κ3) is 5.93. The van der Waals surface area contributed by atoms with Gasteiger partial charge in [-0.25, -0.2) is 4.98 Å². The summed E-state index contributed by atoms with van der Waals surface area (Å²) < 4.78 is 6.35. The Morgan fingerprint density at radius 1 is 1.33 bits per heavy atom. The molecule has 2 aromatic rings. The van der Waals surface area contributed by atoms with Crippen molar-refractivity contribution < 1.29 is 19.4 Å². The molecule has 36 heavy (non-hydrogen) atoms. The van der Waals surface area contributed by atoms with E-state index in [9.17, 15) is 14.7 Å². The fourth-order valence-electron chi connectivity index (χ4n) is 4.78. The second-order valence-electron chi connectivity index (χ2n) is 9.99. The predicted molar refractivity (Wildman–Crippen MR) is 137 cm³/mol. The first-order chi connectivity index (χ1) is 17.4. The molecule has 2 amide bonds. The number of hydrogen-bond acceptors (Lipinski definition) is 6. The summed E-state index contributed by atoms with van der Waals surface area (Å²) in [5.74, 6) is -0.0406. The van der Waals surface area contributed by atoms with Crippen molar-refractivity contribution in [3.8, 4) is 5.88 Å². The molecule has 0 bridgehead atoms. The summed E-state index contributed by atoms with van der Waals surface area (Å²) in [6.07, 6.45) is 11.6. The van der Waals surface area contributed by atoms with Gasteiger partial charge in [0.2, 0.25) is 11.8 Å². The van der Waals surface area contributed by atoms with Crippen molar-refractivity contribution in [3.05, 3.63) is 59.6 Å². The van der Waals surface area contributed by atoms with Gasteiger partial charge in [-0.15, -0.1) is 0 Å². The number of fused-ring (bicyclic) bond motifs is 1. The Bertz CT molecular complexity index is 1100. The van der Waals surface area contributed by atoms with E-state index in [2.05, 4.69) is 16.0 Å². The number of nitrogens with zero attached hydrogens (tertiary/aromatic N) is 4. The molecule has 0 fully saturated rings. The molecule has 4 rings (SSSR count). The van der Waals surface area contributed by atoms with Gasteiger partial charge < -0.3 is 19.6 Å². The molecule has 1 aliphatic heterocycles. The van der Waals surface area contributed by atoms with Crippen molar-refractivity contribution in [1.82, 2.24) is 19.8 Å². The third-order valence-electron chi connectivity index (χ3n) is 7.14. The number of aromatic nitrogens is 2. The number of ether oxygens (including phenoxy) is 1. The van der Waals surface area contributed by atoms with Crippen LogP contribution < -0.4 is 4.74 Å². The molecule has 0 aromatic carbocycles. The number of hydrogen-bond donors (Lipinski definition) is 1. The van der Waals surface area contributed by atoms with Crippen molar-refractivity contribution in [3.63, 3.8) is 0 Å². The average molecular weight is 493 g/mol. The van der Waals surface area contributed by atoms with Crippen molar-refractivity contribution >= 4 is 17.4 Å². The molecule has 3 heterocycles. The van der Waals surface area contributed by atoms with Gasteiger partial charge in [0.1, 0.15) is 11.7 Å². The topological polar surface area (TPSA) is 95.9 Å². The maximum Gasteiger partial charge on any atom is 0.259 e. The summed E-state index contributed by atoms with van der Waals surface area (Å²) >= 11 is 0.